The van der Waals surface area contributed by atoms with Crippen molar-refractivity contribution in [2.24, 2.45) is 0 Å². The van der Waals surface area contributed by atoms with Crippen molar-refractivity contribution in [1.82, 2.24) is 0 Å². The monoisotopic (exact) mass is 458 g/mol. The minimum Gasteiger partial charge on any atom is -0.502 e. The second-order valence-electron chi connectivity index (χ2n) is 4.55. The Bertz CT molecular complexity index is 857. The largest absolute Gasteiger partial charge is 0.502 e. The second-order valence-corrected chi connectivity index (χ2v) is 5.45. The quantitative estimate of drug-likeness (QED) is 0.220. The number of carboxylic acid groups (broad SMARTS) is 2. The zero-order valence-corrected chi connectivity index (χ0v) is 15.6. The molecule has 0 bridgehead atoms. The summed E-state index contributed by atoms with van der Waals surface area (Å²) in [5.41, 5.74) is 0. The van der Waals surface area contributed by atoms with Crippen molar-refractivity contribution in [2.45, 2.75) is 19.4 Å². The minimum absolute atomic E-state index is 0.255. The number of aromatic hydroxyl groups is 3. The number of aliphatic carboxylic acids is 2. The lowest BCUT2D eigenvalue weighted by molar-refractivity contribution is -0.143. The van der Waals surface area contributed by atoms with E-state index in [0.29, 0.717) is 12.0 Å². The zero-order valence-electron chi connectivity index (χ0n) is 14.8. The second kappa shape index (κ2) is 14.4. The van der Waals surface area contributed by atoms with Gasteiger partial charge in [-0.1, -0.05) is 0 Å². The van der Waals surface area contributed by atoms with E-state index in [1.807, 2.05) is 0 Å². The lowest BCUT2D eigenvalue weighted by Gasteiger charge is -1.86. The highest BCUT2D eigenvalue weighted by molar-refractivity contribution is 7.79. The van der Waals surface area contributed by atoms with Crippen LogP contribution < -0.4 is 0 Å². The van der Waals surface area contributed by atoms with Gasteiger partial charge in [-0.2, -0.15) is 8.42 Å². The molecule has 16 heteroatoms. The average Bonchev–Trinajstić information content (AvgIpc) is 3.24. The Labute approximate surface area is 167 Å². The summed E-state index contributed by atoms with van der Waals surface area (Å²) in [6, 6.07) is 3.27. The third kappa shape index (κ3) is 16.6. The van der Waals surface area contributed by atoms with E-state index < -0.39 is 46.4 Å². The molecular weight excluding hydrogens is 440 g/mol. The molecule has 8 N–H and O–H groups in total. The highest BCUT2D eigenvalue weighted by atomic mass is 32.3. The van der Waals surface area contributed by atoms with Gasteiger partial charge in [0.15, 0.2) is 17.8 Å². The zero-order chi connectivity index (χ0) is 23.9. The molecule has 2 aromatic heterocycles. The van der Waals surface area contributed by atoms with Crippen LogP contribution in [0, 0.1) is 0 Å². The van der Waals surface area contributed by atoms with Crippen LogP contribution in [-0.4, -0.2) is 66.4 Å². The number of carbonyl (C=O) groups is 3. The Kier molecular flexibility index (Phi) is 13.7. The first kappa shape index (κ1) is 28.6. The molecule has 0 amide bonds. The molecule has 0 aliphatic rings. The van der Waals surface area contributed by atoms with E-state index in [-0.39, 0.29) is 18.6 Å². The normalized spacial score (nSPS) is 9.57. The summed E-state index contributed by atoms with van der Waals surface area (Å²) in [5.74, 6) is -4.19. The van der Waals surface area contributed by atoms with Crippen LogP contribution >= 0.6 is 0 Å². The molecule has 0 saturated carbocycles. The van der Waals surface area contributed by atoms with Gasteiger partial charge >= 0.3 is 28.3 Å². The van der Waals surface area contributed by atoms with Gasteiger partial charge in [0, 0.05) is 0 Å². The van der Waals surface area contributed by atoms with Gasteiger partial charge in [0.25, 0.3) is 0 Å². The molecule has 15 nitrogen and oxygen atoms in total. The van der Waals surface area contributed by atoms with E-state index in [9.17, 15) is 14.4 Å². The van der Waals surface area contributed by atoms with Crippen molar-refractivity contribution in [3.8, 4) is 17.4 Å². The van der Waals surface area contributed by atoms with Gasteiger partial charge < -0.3 is 39.5 Å². The number of aldehydes is 1. The molecule has 0 saturated heterocycles. The molecule has 0 fully saturated rings. The lowest BCUT2D eigenvalue weighted by atomic mass is 10.3. The first-order chi connectivity index (χ1) is 13.7. The molecule has 2 rings (SSSR count). The molecule has 0 radical (unpaired) electrons. The van der Waals surface area contributed by atoms with Crippen molar-refractivity contribution in [2.75, 3.05) is 0 Å². The number of carbonyl (C=O) groups excluding carboxylic acids is 1. The number of aliphatic hydroxyl groups is 1. The number of aliphatic hydroxyl groups excluding tert-OH is 1. The summed E-state index contributed by atoms with van der Waals surface area (Å²) < 4.78 is 40.5. The summed E-state index contributed by atoms with van der Waals surface area (Å²) in [7, 11) is -4.67. The third-order valence-electron chi connectivity index (χ3n) is 2.27. The topological polar surface area (TPSA) is 273 Å². The first-order valence-corrected chi connectivity index (χ1v) is 8.58. The van der Waals surface area contributed by atoms with Gasteiger partial charge in [0.2, 0.25) is 11.5 Å². The van der Waals surface area contributed by atoms with Gasteiger partial charge in [0.1, 0.15) is 6.61 Å². The Balaban J connectivity index is 0. The van der Waals surface area contributed by atoms with Crippen molar-refractivity contribution in [3.63, 3.8) is 0 Å². The standard InChI is InChI=1S/C5H6O5.C5H4O2.C4H6O4.H2O4S/c6-1-2-3(7)4(8)5(9)10-2;6-4-5-2-1-3-7-5;5-3(6)1-2-4(7)8;1-5(2,3)4/h6-9H,1H2;1-4H;1-2H2,(H,5,6)(H,7,8);(H2,1,2,3,4). The highest BCUT2D eigenvalue weighted by Gasteiger charge is 2.17. The van der Waals surface area contributed by atoms with Crippen molar-refractivity contribution < 1.29 is 71.4 Å². The molecule has 0 aliphatic heterocycles. The van der Waals surface area contributed by atoms with E-state index >= 15 is 0 Å². The fraction of sp³-hybridized carbons (Fsp3) is 0.214. The Hall–Kier alpha value is -3.60. The van der Waals surface area contributed by atoms with Gasteiger partial charge in [-0.15, -0.1) is 0 Å². The molecule has 0 unspecified atom stereocenters. The number of rotatable bonds is 5. The number of furan rings is 2. The van der Waals surface area contributed by atoms with Crippen LogP contribution in [0.5, 0.6) is 17.4 Å². The third-order valence-corrected chi connectivity index (χ3v) is 2.27. The van der Waals surface area contributed by atoms with E-state index in [4.69, 9.17) is 48.2 Å². The van der Waals surface area contributed by atoms with Crippen LogP contribution in [0.3, 0.4) is 0 Å². The van der Waals surface area contributed by atoms with Crippen LogP contribution in [-0.2, 0) is 26.6 Å². The molecule has 170 valence electrons. The molecule has 0 spiro atoms. The van der Waals surface area contributed by atoms with E-state index in [1.54, 1.807) is 12.1 Å². The summed E-state index contributed by atoms with van der Waals surface area (Å²) >= 11 is 0. The Morgan fingerprint density at radius 1 is 1.00 bits per heavy atom. The first-order valence-electron chi connectivity index (χ1n) is 7.18. The molecule has 30 heavy (non-hydrogen) atoms. The van der Waals surface area contributed by atoms with Gasteiger partial charge in [0.05, 0.1) is 19.1 Å². The predicted octanol–water partition coefficient (Wildman–Crippen LogP) is 0.264. The highest BCUT2D eigenvalue weighted by Crippen LogP contribution is 2.40. The van der Waals surface area contributed by atoms with Gasteiger partial charge in [-0.3, -0.25) is 23.5 Å². The van der Waals surface area contributed by atoms with Crippen LogP contribution in [0.25, 0.3) is 0 Å². The van der Waals surface area contributed by atoms with Crippen molar-refractivity contribution in [1.29, 1.82) is 0 Å². The maximum Gasteiger partial charge on any atom is 0.394 e. The summed E-state index contributed by atoms with van der Waals surface area (Å²) in [6.45, 7) is -0.569. The van der Waals surface area contributed by atoms with Crippen LogP contribution in [0.1, 0.15) is 29.2 Å². The van der Waals surface area contributed by atoms with E-state index in [1.165, 1.54) is 6.26 Å². The van der Waals surface area contributed by atoms with Crippen LogP contribution in [0.15, 0.2) is 27.2 Å². The number of carboxylic acids is 2. The molecular formula is C14H18O15S. The number of hydrogen-bond acceptors (Lipinski definition) is 11. The van der Waals surface area contributed by atoms with Gasteiger partial charge in [-0.25, -0.2) is 0 Å². The molecule has 0 aromatic carbocycles. The SMILES string of the molecule is O=C(O)CCC(=O)O.O=Cc1ccco1.O=S(=O)(O)O.OCc1oc(O)c(O)c1O. The maximum atomic E-state index is 9.77. The van der Waals surface area contributed by atoms with Gasteiger partial charge in [-0.05, 0) is 12.1 Å². The Morgan fingerprint density at radius 2 is 1.47 bits per heavy atom. The predicted molar refractivity (Wildman–Crippen MR) is 92.4 cm³/mol. The van der Waals surface area contributed by atoms with E-state index in [2.05, 4.69) is 8.83 Å². The molecule has 2 aromatic rings. The van der Waals surface area contributed by atoms with Crippen molar-refractivity contribution in [3.05, 3.63) is 29.9 Å². The Morgan fingerprint density at radius 3 is 1.63 bits per heavy atom. The average molecular weight is 458 g/mol. The fourth-order valence-electron chi connectivity index (χ4n) is 1.13. The summed E-state index contributed by atoms with van der Waals surface area (Å²) in [4.78, 5) is 29.1. The molecule has 0 atom stereocenters. The van der Waals surface area contributed by atoms with Crippen LogP contribution in [0.4, 0.5) is 0 Å². The molecule has 0 aliphatic carbocycles. The van der Waals surface area contributed by atoms with E-state index in [0.717, 1.165) is 0 Å². The van der Waals surface area contributed by atoms with Crippen molar-refractivity contribution >= 4 is 28.6 Å². The molecule has 2 heterocycles. The summed E-state index contributed by atoms with van der Waals surface area (Å²) in [5, 5.41) is 50.2. The maximum absolute atomic E-state index is 9.77. The smallest absolute Gasteiger partial charge is 0.394 e. The number of hydrogen-bond donors (Lipinski definition) is 8. The fourth-order valence-corrected chi connectivity index (χ4v) is 1.13. The van der Waals surface area contributed by atoms with Crippen LogP contribution in [0.2, 0.25) is 0 Å². The lowest BCUT2D eigenvalue weighted by Crippen LogP contribution is -2.00. The minimum atomic E-state index is -4.67. The summed E-state index contributed by atoms with van der Waals surface area (Å²) in [6.07, 6.45) is 1.54.